The second-order valence-corrected chi connectivity index (χ2v) is 4.42. The van der Waals surface area contributed by atoms with Gasteiger partial charge < -0.3 is 15.1 Å². The van der Waals surface area contributed by atoms with Crippen LogP contribution in [-0.4, -0.2) is 41.6 Å². The van der Waals surface area contributed by atoms with Crippen LogP contribution in [-0.2, 0) is 4.74 Å². The number of anilines is 1. The van der Waals surface area contributed by atoms with Gasteiger partial charge in [0.2, 0.25) is 0 Å². The zero-order valence-corrected chi connectivity index (χ0v) is 10.6. The Balaban J connectivity index is 2.09. The quantitative estimate of drug-likeness (QED) is 0.607. The van der Waals surface area contributed by atoms with Crippen molar-refractivity contribution in [2.75, 3.05) is 19.1 Å². The number of carbonyl (C=O) groups is 1. The Morgan fingerprint density at radius 3 is 2.89 bits per heavy atom. The van der Waals surface area contributed by atoms with Crippen molar-refractivity contribution in [2.45, 2.75) is 25.5 Å². The lowest BCUT2D eigenvalue weighted by molar-refractivity contribution is 0.0574. The number of nitrogens with one attached hydrogen (secondary N) is 1. The molecule has 6 nitrogen and oxygen atoms in total. The van der Waals surface area contributed by atoms with Gasteiger partial charge >= 0.3 is 0 Å². The largest absolute Gasteiger partial charge is 0.376 e. The highest BCUT2D eigenvalue weighted by atomic mass is 16.5. The highest BCUT2D eigenvalue weighted by molar-refractivity contribution is 5.94. The molecule has 1 aromatic heterocycles. The minimum absolute atomic E-state index is 0.0478. The number of nitrogens with zero attached hydrogens (tertiary/aromatic N) is 2. The van der Waals surface area contributed by atoms with Gasteiger partial charge in [-0.05, 0) is 25.5 Å². The van der Waals surface area contributed by atoms with Crippen molar-refractivity contribution < 1.29 is 9.53 Å². The Labute approximate surface area is 106 Å². The van der Waals surface area contributed by atoms with Gasteiger partial charge in [0.1, 0.15) is 5.82 Å². The number of rotatable bonds is 3. The number of nitrogen functional groups attached to an aromatic ring is 1. The average Bonchev–Trinajstić information content (AvgIpc) is 2.83. The third kappa shape index (κ3) is 2.44. The number of ether oxygens (including phenoxy) is 1. The van der Waals surface area contributed by atoms with E-state index in [-0.39, 0.29) is 18.1 Å². The summed E-state index contributed by atoms with van der Waals surface area (Å²) in [4.78, 5) is 18.0. The van der Waals surface area contributed by atoms with Crippen LogP contribution in [0.15, 0.2) is 18.3 Å². The van der Waals surface area contributed by atoms with Crippen LogP contribution in [0.2, 0.25) is 0 Å². The molecule has 18 heavy (non-hydrogen) atoms. The van der Waals surface area contributed by atoms with Crippen molar-refractivity contribution in [1.29, 1.82) is 0 Å². The molecule has 2 heterocycles. The fourth-order valence-electron chi connectivity index (χ4n) is 2.19. The molecular weight excluding hydrogens is 232 g/mol. The highest BCUT2D eigenvalue weighted by Crippen LogP contribution is 2.20. The molecule has 1 fully saturated rings. The first-order valence-corrected chi connectivity index (χ1v) is 5.95. The maximum Gasteiger partial charge on any atom is 0.255 e. The summed E-state index contributed by atoms with van der Waals surface area (Å²) >= 11 is 0. The first-order chi connectivity index (χ1) is 8.63. The predicted molar refractivity (Wildman–Crippen MR) is 68.0 cm³/mol. The van der Waals surface area contributed by atoms with Crippen LogP contribution in [0, 0.1) is 0 Å². The normalized spacial score (nSPS) is 22.8. The summed E-state index contributed by atoms with van der Waals surface area (Å²) in [6.45, 7) is 2.69. The van der Waals surface area contributed by atoms with Crippen LogP contribution in [0.5, 0.6) is 0 Å². The molecule has 1 aliphatic rings. The van der Waals surface area contributed by atoms with Gasteiger partial charge in [0, 0.05) is 19.9 Å². The molecule has 1 aromatic rings. The fraction of sp³-hybridized carbons (Fsp3) is 0.500. The number of pyridine rings is 1. The number of hydrogen-bond donors (Lipinski definition) is 2. The molecule has 0 saturated carbocycles. The van der Waals surface area contributed by atoms with E-state index in [0.29, 0.717) is 18.0 Å². The molecular formula is C12H18N4O2. The van der Waals surface area contributed by atoms with Crippen molar-refractivity contribution in [1.82, 2.24) is 9.88 Å². The standard InChI is InChI=1S/C12H18N4O2/c1-8-10(5-6-18-8)16(2)12(17)9-3-4-11(15-13)14-7-9/h3-4,7-8,10H,5-6,13H2,1-2H3,(H,14,15). The Bertz CT molecular complexity index is 421. The summed E-state index contributed by atoms with van der Waals surface area (Å²) < 4.78 is 5.47. The zero-order valence-electron chi connectivity index (χ0n) is 10.6. The van der Waals surface area contributed by atoms with E-state index >= 15 is 0 Å². The molecule has 3 N–H and O–H groups in total. The average molecular weight is 250 g/mol. The molecule has 1 aliphatic heterocycles. The van der Waals surface area contributed by atoms with E-state index in [9.17, 15) is 4.79 Å². The van der Waals surface area contributed by atoms with E-state index in [1.54, 1.807) is 24.1 Å². The Hall–Kier alpha value is -1.66. The summed E-state index contributed by atoms with van der Waals surface area (Å²) in [5, 5.41) is 0. The third-order valence-corrected chi connectivity index (χ3v) is 3.31. The predicted octanol–water partition coefficient (Wildman–Crippen LogP) is 0.617. The lowest BCUT2D eigenvalue weighted by Crippen LogP contribution is -2.41. The van der Waals surface area contributed by atoms with Crippen molar-refractivity contribution in [3.8, 4) is 0 Å². The fourth-order valence-corrected chi connectivity index (χ4v) is 2.19. The van der Waals surface area contributed by atoms with Gasteiger partial charge in [-0.15, -0.1) is 0 Å². The number of hydrazine groups is 1. The summed E-state index contributed by atoms with van der Waals surface area (Å²) in [6.07, 6.45) is 2.48. The van der Waals surface area contributed by atoms with Gasteiger partial charge in [-0.3, -0.25) is 4.79 Å². The molecule has 0 bridgehead atoms. The van der Waals surface area contributed by atoms with Crippen LogP contribution in [0.1, 0.15) is 23.7 Å². The van der Waals surface area contributed by atoms with Crippen LogP contribution in [0.3, 0.4) is 0 Å². The summed E-state index contributed by atoms with van der Waals surface area (Å²) in [5.41, 5.74) is 2.98. The van der Waals surface area contributed by atoms with Gasteiger partial charge in [0.05, 0.1) is 17.7 Å². The van der Waals surface area contributed by atoms with E-state index in [1.807, 2.05) is 6.92 Å². The Morgan fingerprint density at radius 2 is 2.39 bits per heavy atom. The summed E-state index contributed by atoms with van der Waals surface area (Å²) in [7, 11) is 1.80. The van der Waals surface area contributed by atoms with Gasteiger partial charge in [-0.1, -0.05) is 0 Å². The van der Waals surface area contributed by atoms with E-state index in [1.165, 1.54) is 6.20 Å². The van der Waals surface area contributed by atoms with E-state index in [2.05, 4.69) is 10.4 Å². The van der Waals surface area contributed by atoms with Crippen LogP contribution < -0.4 is 11.3 Å². The summed E-state index contributed by atoms with van der Waals surface area (Å²) in [6, 6.07) is 3.52. The van der Waals surface area contributed by atoms with Crippen LogP contribution in [0.4, 0.5) is 5.82 Å². The van der Waals surface area contributed by atoms with Crippen molar-refractivity contribution in [2.24, 2.45) is 5.84 Å². The molecule has 2 rings (SSSR count). The topological polar surface area (TPSA) is 80.5 Å². The first-order valence-electron chi connectivity index (χ1n) is 5.95. The molecule has 2 atom stereocenters. The maximum atomic E-state index is 12.3. The molecule has 0 aliphatic carbocycles. The van der Waals surface area contributed by atoms with E-state index in [4.69, 9.17) is 10.6 Å². The van der Waals surface area contributed by atoms with Gasteiger partial charge in [-0.2, -0.15) is 0 Å². The second kappa shape index (κ2) is 5.32. The molecule has 0 radical (unpaired) electrons. The SMILES string of the molecule is CC1OCCC1N(C)C(=O)c1ccc(NN)nc1. The van der Waals surface area contributed by atoms with Crippen LogP contribution in [0.25, 0.3) is 0 Å². The second-order valence-electron chi connectivity index (χ2n) is 4.42. The molecule has 0 aromatic carbocycles. The van der Waals surface area contributed by atoms with Gasteiger partial charge in [0.25, 0.3) is 5.91 Å². The molecule has 1 saturated heterocycles. The third-order valence-electron chi connectivity index (χ3n) is 3.31. The molecule has 0 spiro atoms. The number of carbonyl (C=O) groups excluding carboxylic acids is 1. The number of hydrogen-bond acceptors (Lipinski definition) is 5. The molecule has 98 valence electrons. The monoisotopic (exact) mass is 250 g/mol. The summed E-state index contributed by atoms with van der Waals surface area (Å²) in [5.74, 6) is 5.72. The number of aromatic nitrogens is 1. The molecule has 1 amide bonds. The van der Waals surface area contributed by atoms with Crippen molar-refractivity contribution >= 4 is 11.7 Å². The van der Waals surface area contributed by atoms with E-state index in [0.717, 1.165) is 6.42 Å². The van der Waals surface area contributed by atoms with Gasteiger partial charge in [0.15, 0.2) is 0 Å². The first kappa shape index (κ1) is 12.8. The minimum Gasteiger partial charge on any atom is -0.376 e. The Morgan fingerprint density at radius 1 is 1.61 bits per heavy atom. The lowest BCUT2D eigenvalue weighted by Gasteiger charge is -2.26. The smallest absolute Gasteiger partial charge is 0.255 e. The minimum atomic E-state index is -0.0478. The van der Waals surface area contributed by atoms with Crippen molar-refractivity contribution in [3.05, 3.63) is 23.9 Å². The van der Waals surface area contributed by atoms with E-state index < -0.39 is 0 Å². The highest BCUT2D eigenvalue weighted by Gasteiger charge is 2.31. The molecule has 6 heteroatoms. The lowest BCUT2D eigenvalue weighted by atomic mass is 10.1. The zero-order chi connectivity index (χ0) is 13.1. The number of likely N-dealkylation sites (N-methyl/N-ethyl adjacent to an activating group) is 1. The van der Waals surface area contributed by atoms with Crippen LogP contribution >= 0.6 is 0 Å². The number of nitrogens with two attached hydrogens (primary N) is 1. The Kier molecular flexibility index (Phi) is 3.78. The maximum absolute atomic E-state index is 12.3. The number of amides is 1. The van der Waals surface area contributed by atoms with Crippen molar-refractivity contribution in [3.63, 3.8) is 0 Å². The van der Waals surface area contributed by atoms with Gasteiger partial charge in [-0.25, -0.2) is 10.8 Å². The molecule has 2 unspecified atom stereocenters.